The summed E-state index contributed by atoms with van der Waals surface area (Å²) < 4.78 is 3.69. The molecule has 0 bridgehead atoms. The van der Waals surface area contributed by atoms with Gasteiger partial charge in [0.2, 0.25) is 5.82 Å². The minimum absolute atomic E-state index is 0.218. The molecule has 0 aliphatic heterocycles. The molecule has 0 aliphatic rings. The summed E-state index contributed by atoms with van der Waals surface area (Å²) in [6.45, 7) is 0.709. The van der Waals surface area contributed by atoms with E-state index in [9.17, 15) is 0 Å². The third kappa shape index (κ3) is 2.25. The van der Waals surface area contributed by atoms with Crippen molar-refractivity contribution in [2.45, 2.75) is 13.0 Å². The highest BCUT2D eigenvalue weighted by atomic mass is 32.1. The summed E-state index contributed by atoms with van der Waals surface area (Å²) in [6.07, 6.45) is 6.11. The Bertz CT molecular complexity index is 500. The molecule has 0 spiro atoms. The molecule has 2 aromatic rings. The number of imidazole rings is 1. The summed E-state index contributed by atoms with van der Waals surface area (Å²) in [5.74, 6) is 1.42. The first-order valence-electron chi connectivity index (χ1n) is 4.82. The molecule has 84 valence electrons. The zero-order chi connectivity index (χ0) is 11.5. The standard InChI is InChI=1S/C9H12N6S/c1-14-5-3-11-7(14)2-4-15-6-12-9(13-15)8(10)16/h3,5-6H,2,4H2,1H3,(H2,10,16). The van der Waals surface area contributed by atoms with E-state index in [-0.39, 0.29) is 4.99 Å². The number of nitrogens with two attached hydrogens (primary N) is 1. The van der Waals surface area contributed by atoms with Gasteiger partial charge in [0.25, 0.3) is 0 Å². The summed E-state index contributed by atoms with van der Waals surface area (Å²) >= 11 is 4.78. The second-order valence-corrected chi connectivity index (χ2v) is 3.84. The van der Waals surface area contributed by atoms with E-state index in [4.69, 9.17) is 18.0 Å². The normalized spacial score (nSPS) is 10.6. The van der Waals surface area contributed by atoms with Crippen LogP contribution in [0.4, 0.5) is 0 Å². The molecule has 2 rings (SSSR count). The predicted molar refractivity (Wildman–Crippen MR) is 62.8 cm³/mol. The Morgan fingerprint density at radius 1 is 1.50 bits per heavy atom. The monoisotopic (exact) mass is 236 g/mol. The van der Waals surface area contributed by atoms with Crippen LogP contribution in [0.25, 0.3) is 0 Å². The minimum Gasteiger partial charge on any atom is -0.387 e. The molecule has 2 heterocycles. The lowest BCUT2D eigenvalue weighted by molar-refractivity contribution is 0.587. The fourth-order valence-electron chi connectivity index (χ4n) is 1.37. The number of nitrogens with zero attached hydrogens (tertiary/aromatic N) is 5. The predicted octanol–water partition coefficient (Wildman–Crippen LogP) is -0.111. The molecule has 2 aromatic heterocycles. The highest BCUT2D eigenvalue weighted by molar-refractivity contribution is 7.80. The zero-order valence-corrected chi connectivity index (χ0v) is 9.68. The van der Waals surface area contributed by atoms with Gasteiger partial charge >= 0.3 is 0 Å². The van der Waals surface area contributed by atoms with Crippen LogP contribution in [-0.4, -0.2) is 29.3 Å². The SMILES string of the molecule is Cn1ccnc1CCn1cnc(C(N)=S)n1. The van der Waals surface area contributed by atoms with Crippen LogP contribution in [-0.2, 0) is 20.0 Å². The summed E-state index contributed by atoms with van der Waals surface area (Å²) in [6, 6.07) is 0. The van der Waals surface area contributed by atoms with Gasteiger partial charge in [-0.3, -0.25) is 4.68 Å². The lowest BCUT2D eigenvalue weighted by Gasteiger charge is -2.01. The molecule has 0 saturated heterocycles. The Kier molecular flexibility index (Phi) is 2.95. The summed E-state index contributed by atoms with van der Waals surface area (Å²) in [4.78, 5) is 8.44. The van der Waals surface area contributed by atoms with Crippen molar-refractivity contribution in [1.29, 1.82) is 0 Å². The third-order valence-electron chi connectivity index (χ3n) is 2.24. The molecule has 16 heavy (non-hydrogen) atoms. The molecule has 6 nitrogen and oxygen atoms in total. The van der Waals surface area contributed by atoms with Gasteiger partial charge in [-0.25, -0.2) is 9.97 Å². The van der Waals surface area contributed by atoms with Crippen molar-refractivity contribution in [3.8, 4) is 0 Å². The Hall–Kier alpha value is -1.76. The van der Waals surface area contributed by atoms with Crippen molar-refractivity contribution >= 4 is 17.2 Å². The fourth-order valence-corrected chi connectivity index (χ4v) is 1.46. The highest BCUT2D eigenvalue weighted by Gasteiger charge is 2.04. The first kappa shape index (κ1) is 10.7. The van der Waals surface area contributed by atoms with Gasteiger partial charge in [0.1, 0.15) is 17.1 Å². The molecule has 0 fully saturated rings. The third-order valence-corrected chi connectivity index (χ3v) is 2.42. The van der Waals surface area contributed by atoms with Crippen LogP contribution >= 0.6 is 12.2 Å². The van der Waals surface area contributed by atoms with E-state index in [1.165, 1.54) is 0 Å². The molecule has 0 radical (unpaired) electrons. The van der Waals surface area contributed by atoms with Crippen LogP contribution in [0.15, 0.2) is 18.7 Å². The van der Waals surface area contributed by atoms with E-state index in [1.807, 2.05) is 17.8 Å². The van der Waals surface area contributed by atoms with Crippen molar-refractivity contribution in [1.82, 2.24) is 24.3 Å². The summed E-state index contributed by atoms with van der Waals surface area (Å²) in [7, 11) is 1.96. The second-order valence-electron chi connectivity index (χ2n) is 3.40. The summed E-state index contributed by atoms with van der Waals surface area (Å²) in [5, 5.41) is 4.14. The minimum atomic E-state index is 0.218. The molecule has 0 aromatic carbocycles. The maximum Gasteiger partial charge on any atom is 0.208 e. The highest BCUT2D eigenvalue weighted by Crippen LogP contribution is 1.98. The number of hydrogen-bond donors (Lipinski definition) is 1. The Morgan fingerprint density at radius 3 is 2.88 bits per heavy atom. The lowest BCUT2D eigenvalue weighted by Crippen LogP contribution is -2.13. The Morgan fingerprint density at radius 2 is 2.31 bits per heavy atom. The summed E-state index contributed by atoms with van der Waals surface area (Å²) in [5.41, 5.74) is 5.42. The van der Waals surface area contributed by atoms with Gasteiger partial charge in [0.05, 0.1) is 0 Å². The molecule has 0 saturated carbocycles. The average Bonchev–Trinajstić information content (AvgIpc) is 2.83. The van der Waals surface area contributed by atoms with Gasteiger partial charge < -0.3 is 10.3 Å². The first-order chi connectivity index (χ1) is 7.66. The molecule has 0 amide bonds. The van der Waals surface area contributed by atoms with E-state index < -0.39 is 0 Å². The molecule has 2 N–H and O–H groups in total. The van der Waals surface area contributed by atoms with E-state index in [2.05, 4.69) is 15.1 Å². The van der Waals surface area contributed by atoms with Crippen LogP contribution in [0.2, 0.25) is 0 Å². The topological polar surface area (TPSA) is 74.5 Å². The molecule has 0 aliphatic carbocycles. The van der Waals surface area contributed by atoms with Gasteiger partial charge in [-0.05, 0) is 0 Å². The molecular formula is C9H12N6S. The van der Waals surface area contributed by atoms with Gasteiger partial charge in [0.15, 0.2) is 0 Å². The molecular weight excluding hydrogens is 224 g/mol. The second kappa shape index (κ2) is 4.40. The number of hydrogen-bond acceptors (Lipinski definition) is 4. The molecule has 0 unspecified atom stereocenters. The quantitative estimate of drug-likeness (QED) is 0.750. The van der Waals surface area contributed by atoms with E-state index >= 15 is 0 Å². The fraction of sp³-hybridized carbons (Fsp3) is 0.333. The number of thiocarbonyl (C=S) groups is 1. The molecule has 0 atom stereocenters. The largest absolute Gasteiger partial charge is 0.387 e. The van der Waals surface area contributed by atoms with Gasteiger partial charge in [-0.1, -0.05) is 12.2 Å². The number of aromatic nitrogens is 5. The van der Waals surface area contributed by atoms with Crippen LogP contribution in [0.3, 0.4) is 0 Å². The Labute approximate surface area is 98.1 Å². The van der Waals surface area contributed by atoms with Gasteiger partial charge in [0, 0.05) is 32.4 Å². The van der Waals surface area contributed by atoms with Crippen molar-refractivity contribution < 1.29 is 0 Å². The first-order valence-corrected chi connectivity index (χ1v) is 5.23. The van der Waals surface area contributed by atoms with Crippen LogP contribution < -0.4 is 5.73 Å². The smallest absolute Gasteiger partial charge is 0.208 e. The zero-order valence-electron chi connectivity index (χ0n) is 8.87. The number of rotatable bonds is 4. The van der Waals surface area contributed by atoms with E-state index in [0.717, 1.165) is 12.2 Å². The average molecular weight is 236 g/mol. The van der Waals surface area contributed by atoms with Crippen LogP contribution in [0, 0.1) is 0 Å². The maximum atomic E-state index is 5.42. The van der Waals surface area contributed by atoms with Crippen LogP contribution in [0.1, 0.15) is 11.6 Å². The van der Waals surface area contributed by atoms with Gasteiger partial charge in [-0.15, -0.1) is 5.10 Å². The van der Waals surface area contributed by atoms with E-state index in [0.29, 0.717) is 12.4 Å². The van der Waals surface area contributed by atoms with Crippen molar-refractivity contribution in [3.63, 3.8) is 0 Å². The van der Waals surface area contributed by atoms with Crippen LogP contribution in [0.5, 0.6) is 0 Å². The van der Waals surface area contributed by atoms with Crippen molar-refractivity contribution in [2.24, 2.45) is 12.8 Å². The Balaban J connectivity index is 2.00. The number of aryl methyl sites for hydroxylation is 3. The lowest BCUT2D eigenvalue weighted by atomic mass is 10.4. The maximum absolute atomic E-state index is 5.42. The van der Waals surface area contributed by atoms with Crippen molar-refractivity contribution in [2.75, 3.05) is 0 Å². The van der Waals surface area contributed by atoms with Gasteiger partial charge in [-0.2, -0.15) is 0 Å². The van der Waals surface area contributed by atoms with Crippen molar-refractivity contribution in [3.05, 3.63) is 30.4 Å². The molecule has 7 heteroatoms. The van der Waals surface area contributed by atoms with E-state index in [1.54, 1.807) is 17.2 Å².